The smallest absolute Gasteiger partial charge is 0.326 e. The Morgan fingerprint density at radius 1 is 0.448 bits per heavy atom. The lowest BCUT2D eigenvalue weighted by molar-refractivity contribution is -0.144. The second-order valence-corrected chi connectivity index (χ2v) is 16.8. The fraction of sp³-hybridized carbons (Fsp3) is 0.783. The van der Waals surface area contributed by atoms with Crippen LogP contribution in [0.1, 0.15) is 167 Å². The third kappa shape index (κ3) is 38.8. The number of hydrogen-bond acceptors (Lipinski definition) is 13. The van der Waals surface area contributed by atoms with Gasteiger partial charge in [0.05, 0.1) is 25.9 Å². The number of carboxylic acid groups (broad SMARTS) is 3. The van der Waals surface area contributed by atoms with Crippen LogP contribution in [0.4, 0.5) is 0 Å². The van der Waals surface area contributed by atoms with E-state index in [0.717, 1.165) is 38.5 Å². The minimum absolute atomic E-state index is 0.0233. The zero-order valence-electron chi connectivity index (χ0n) is 39.6. The standard InChI is InChI=1S/C46H80N6O15/c1-34(54)18-14-12-10-8-6-4-2-3-5-7-9-11-13-15-20-41(57)50-36(44(60)61)22-25-40(56)49-28-29-66-30-31-67-33-43(59)52-38(46(64)65)23-26-42(58)51-37(45(62)63)21-24-39(55)48-27-17-16-19-35(47)32-53/h32,35-38H,2-31,33,47H2,1H3,(H,48,55)(H,49,56)(H,50,57)(H,51,58)(H,52,59)(H,60,61)(H,62,63)(H,64,65)/t35-,36?,37?,38-/m0/s1. The highest BCUT2D eigenvalue weighted by Crippen LogP contribution is 2.14. The number of hydrogen-bond donors (Lipinski definition) is 9. The molecule has 10 N–H and O–H groups in total. The van der Waals surface area contributed by atoms with Gasteiger partial charge >= 0.3 is 17.9 Å². The largest absolute Gasteiger partial charge is 0.480 e. The Balaban J connectivity index is 4.10. The molecule has 0 aliphatic carbocycles. The van der Waals surface area contributed by atoms with Crippen molar-refractivity contribution in [3.63, 3.8) is 0 Å². The van der Waals surface area contributed by atoms with Crippen LogP contribution in [-0.4, -0.2) is 139 Å². The molecule has 0 radical (unpaired) electrons. The number of nitrogens with one attached hydrogen (secondary N) is 5. The van der Waals surface area contributed by atoms with Crippen molar-refractivity contribution in [1.82, 2.24) is 26.6 Å². The third-order valence-electron chi connectivity index (χ3n) is 10.7. The Bertz CT molecular complexity index is 1480. The number of rotatable bonds is 46. The highest BCUT2D eigenvalue weighted by molar-refractivity contribution is 5.87. The second-order valence-electron chi connectivity index (χ2n) is 16.8. The molecule has 0 bridgehead atoms. The first kappa shape index (κ1) is 62.0. The maximum absolute atomic E-state index is 12.4. The molecule has 0 aromatic carbocycles. The van der Waals surface area contributed by atoms with E-state index >= 15 is 0 Å². The lowest BCUT2D eigenvalue weighted by Gasteiger charge is -2.17. The quantitative estimate of drug-likeness (QED) is 0.0313. The summed E-state index contributed by atoms with van der Waals surface area (Å²) in [5, 5.41) is 40.7. The molecule has 0 aliphatic heterocycles. The van der Waals surface area contributed by atoms with Crippen LogP contribution in [0.15, 0.2) is 0 Å². The van der Waals surface area contributed by atoms with Gasteiger partial charge in [-0.2, -0.15) is 0 Å². The summed E-state index contributed by atoms with van der Waals surface area (Å²) in [6.07, 6.45) is 17.4. The Hall–Kier alpha value is -5.02. The van der Waals surface area contributed by atoms with Crippen molar-refractivity contribution in [1.29, 1.82) is 0 Å². The van der Waals surface area contributed by atoms with Crippen LogP contribution in [0.2, 0.25) is 0 Å². The van der Waals surface area contributed by atoms with Gasteiger partial charge in [0.25, 0.3) is 0 Å². The van der Waals surface area contributed by atoms with E-state index in [1.54, 1.807) is 6.92 Å². The number of carboxylic acids is 3. The van der Waals surface area contributed by atoms with Gasteiger partial charge in [-0.3, -0.25) is 24.0 Å². The van der Waals surface area contributed by atoms with Crippen molar-refractivity contribution in [2.24, 2.45) is 5.73 Å². The summed E-state index contributed by atoms with van der Waals surface area (Å²) in [6, 6.07) is -4.65. The third-order valence-corrected chi connectivity index (χ3v) is 10.7. The summed E-state index contributed by atoms with van der Waals surface area (Å²) in [4.78, 5) is 118. The number of carbonyl (C=O) groups is 10. The Kier molecular flexibility index (Phi) is 38.1. The lowest BCUT2D eigenvalue weighted by atomic mass is 10.0. The van der Waals surface area contributed by atoms with E-state index < -0.39 is 78.7 Å². The van der Waals surface area contributed by atoms with Gasteiger partial charge in [-0.15, -0.1) is 0 Å². The van der Waals surface area contributed by atoms with Crippen molar-refractivity contribution in [2.45, 2.75) is 192 Å². The first-order valence-corrected chi connectivity index (χ1v) is 24.0. The molecule has 0 aromatic heterocycles. The molecule has 0 rings (SSSR count). The Morgan fingerprint density at radius 2 is 0.836 bits per heavy atom. The van der Waals surface area contributed by atoms with Gasteiger partial charge in [-0.05, 0) is 58.3 Å². The van der Waals surface area contributed by atoms with E-state index in [1.165, 1.54) is 44.9 Å². The van der Waals surface area contributed by atoms with E-state index in [0.29, 0.717) is 44.9 Å². The van der Waals surface area contributed by atoms with Gasteiger partial charge in [-0.1, -0.05) is 77.0 Å². The molecule has 21 heteroatoms. The molecule has 0 fully saturated rings. The summed E-state index contributed by atoms with van der Waals surface area (Å²) in [5.74, 6) is -6.58. The predicted molar refractivity (Wildman–Crippen MR) is 247 cm³/mol. The second kappa shape index (κ2) is 41.2. The fourth-order valence-electron chi connectivity index (χ4n) is 6.77. The molecular weight excluding hydrogens is 877 g/mol. The number of unbranched alkanes of at least 4 members (excludes halogenated alkanes) is 14. The number of Topliss-reactive ketones (excluding diaryl/α,β-unsaturated/α-hetero) is 1. The topological polar surface area (TPSA) is 336 Å². The predicted octanol–water partition coefficient (Wildman–Crippen LogP) is 2.83. The van der Waals surface area contributed by atoms with Crippen LogP contribution < -0.4 is 32.3 Å². The molecule has 0 saturated carbocycles. The molecule has 0 aliphatic rings. The molecule has 67 heavy (non-hydrogen) atoms. The molecule has 21 nitrogen and oxygen atoms in total. The van der Waals surface area contributed by atoms with Gasteiger partial charge in [-0.25, -0.2) is 14.4 Å². The highest BCUT2D eigenvalue weighted by atomic mass is 16.5. The average Bonchev–Trinajstić information content (AvgIpc) is 3.27. The molecule has 2 unspecified atom stereocenters. The number of ketones is 1. The average molecular weight is 957 g/mol. The molecule has 4 atom stereocenters. The number of amides is 5. The van der Waals surface area contributed by atoms with E-state index in [4.69, 9.17) is 15.2 Å². The van der Waals surface area contributed by atoms with E-state index in [2.05, 4.69) is 26.6 Å². The van der Waals surface area contributed by atoms with Crippen LogP contribution in [0.5, 0.6) is 0 Å². The van der Waals surface area contributed by atoms with Gasteiger partial charge in [0.2, 0.25) is 29.5 Å². The minimum atomic E-state index is -1.48. The van der Waals surface area contributed by atoms with Crippen molar-refractivity contribution in [3.8, 4) is 0 Å². The number of nitrogens with two attached hydrogens (primary N) is 1. The van der Waals surface area contributed by atoms with Crippen LogP contribution in [-0.2, 0) is 57.4 Å². The fourth-order valence-corrected chi connectivity index (χ4v) is 6.77. The van der Waals surface area contributed by atoms with E-state index in [-0.39, 0.29) is 76.6 Å². The monoisotopic (exact) mass is 957 g/mol. The van der Waals surface area contributed by atoms with Crippen LogP contribution in [0.3, 0.4) is 0 Å². The molecule has 0 aromatic rings. The molecule has 5 amide bonds. The summed E-state index contributed by atoms with van der Waals surface area (Å²) in [5.41, 5.74) is 5.50. The summed E-state index contributed by atoms with van der Waals surface area (Å²) >= 11 is 0. The first-order chi connectivity index (χ1) is 32.0. The van der Waals surface area contributed by atoms with Crippen molar-refractivity contribution in [3.05, 3.63) is 0 Å². The summed E-state index contributed by atoms with van der Waals surface area (Å²) in [7, 11) is 0. The molecule has 0 spiro atoms. The van der Waals surface area contributed by atoms with Crippen LogP contribution >= 0.6 is 0 Å². The molecule has 384 valence electrons. The molecule has 0 saturated heterocycles. The number of ether oxygens (including phenoxy) is 2. The zero-order chi connectivity index (χ0) is 50.1. The Labute approximate surface area is 394 Å². The summed E-state index contributed by atoms with van der Waals surface area (Å²) < 4.78 is 10.5. The maximum atomic E-state index is 12.4. The van der Waals surface area contributed by atoms with Crippen molar-refractivity contribution >= 4 is 59.5 Å². The number of carbonyl (C=O) groups excluding carboxylic acids is 7. The number of aldehydes is 1. The van der Waals surface area contributed by atoms with Crippen LogP contribution in [0, 0.1) is 0 Å². The van der Waals surface area contributed by atoms with E-state index in [9.17, 15) is 63.3 Å². The Morgan fingerprint density at radius 3 is 1.28 bits per heavy atom. The highest BCUT2D eigenvalue weighted by Gasteiger charge is 2.25. The normalized spacial score (nSPS) is 12.7. The first-order valence-electron chi connectivity index (χ1n) is 24.0. The van der Waals surface area contributed by atoms with Gasteiger partial charge in [0, 0.05) is 45.2 Å². The van der Waals surface area contributed by atoms with Gasteiger partial charge < -0.3 is 66.7 Å². The molecular formula is C46H80N6O15. The number of aliphatic carboxylic acids is 3. The van der Waals surface area contributed by atoms with Gasteiger partial charge in [0.15, 0.2) is 0 Å². The summed E-state index contributed by atoms with van der Waals surface area (Å²) in [6.45, 7) is 1.56. The van der Waals surface area contributed by atoms with Gasteiger partial charge in [0.1, 0.15) is 36.8 Å². The SMILES string of the molecule is CC(=O)CCCCCCCCCCCCCCCCC(=O)NC(CCC(=O)NCCOCCOCC(=O)N[C@@H](CCC(=O)NC(CCC(=O)NCCCC[C@H](N)C=O)C(=O)O)C(=O)O)C(=O)O. The maximum Gasteiger partial charge on any atom is 0.326 e. The van der Waals surface area contributed by atoms with Crippen LogP contribution in [0.25, 0.3) is 0 Å². The van der Waals surface area contributed by atoms with E-state index in [1.807, 2.05) is 0 Å². The lowest BCUT2D eigenvalue weighted by Crippen LogP contribution is -2.45. The van der Waals surface area contributed by atoms with Crippen molar-refractivity contribution in [2.75, 3.05) is 39.5 Å². The minimum Gasteiger partial charge on any atom is -0.480 e. The molecule has 0 heterocycles. The van der Waals surface area contributed by atoms with Crippen molar-refractivity contribution < 1.29 is 72.7 Å². The zero-order valence-corrected chi connectivity index (χ0v) is 39.6.